The first-order valence-corrected chi connectivity index (χ1v) is 31.3. The Balaban J connectivity index is 0.000000153. The van der Waals surface area contributed by atoms with Crippen molar-refractivity contribution in [1.82, 2.24) is 73.5 Å². The first kappa shape index (κ1) is 66.3. The third-order valence-corrected chi connectivity index (χ3v) is 15.1. The Morgan fingerprint density at radius 3 is 0.742 bits per heavy atom. The number of anilines is 3. The maximum Gasteiger partial charge on any atom is 0.202 e. The van der Waals surface area contributed by atoms with Crippen LogP contribution in [-0.4, -0.2) is 73.5 Å². The second-order valence-electron chi connectivity index (χ2n) is 30.7. The molecule has 12 aromatic rings. The molecule has 486 valence electrons. The number of aromatic nitrogens is 15. The highest BCUT2D eigenvalue weighted by molar-refractivity contribution is 5.85. The summed E-state index contributed by atoms with van der Waals surface area (Å²) in [6.45, 7) is 40.3. The van der Waals surface area contributed by atoms with E-state index in [1.165, 1.54) is 36.4 Å². The van der Waals surface area contributed by atoms with E-state index in [1.807, 2.05) is 50.1 Å². The van der Waals surface area contributed by atoms with Crippen molar-refractivity contribution in [2.24, 2.45) is 16.2 Å². The molecule has 21 heteroatoms. The summed E-state index contributed by atoms with van der Waals surface area (Å²) in [4.78, 5) is 53.2. The van der Waals surface area contributed by atoms with Gasteiger partial charge in [-0.3, -0.25) is 13.7 Å². The smallest absolute Gasteiger partial charge is 0.202 e. The van der Waals surface area contributed by atoms with Gasteiger partial charge in [0.05, 0.1) is 51.2 Å². The lowest BCUT2D eigenvalue weighted by Crippen LogP contribution is -2.17. The number of hydrogen-bond donors (Lipinski definition) is 6. The molecule has 0 fully saturated rings. The molecule has 0 unspecified atom stereocenters. The maximum atomic E-state index is 13.5. The van der Waals surface area contributed by atoms with Crippen molar-refractivity contribution in [2.75, 3.05) is 17.2 Å². The van der Waals surface area contributed by atoms with E-state index in [-0.39, 0.29) is 49.9 Å². The Morgan fingerprint density at radius 1 is 0.312 bits per heavy atom. The lowest BCUT2D eigenvalue weighted by Gasteiger charge is -2.19. The van der Waals surface area contributed by atoms with Crippen molar-refractivity contribution in [2.45, 2.75) is 161 Å². The van der Waals surface area contributed by atoms with Crippen molar-refractivity contribution >= 4 is 51.3 Å². The van der Waals surface area contributed by atoms with Crippen molar-refractivity contribution in [3.05, 3.63) is 144 Å². The van der Waals surface area contributed by atoms with Gasteiger partial charge in [-0.2, -0.15) is 0 Å². The molecule has 0 radical (unpaired) electrons. The van der Waals surface area contributed by atoms with Crippen LogP contribution in [0.5, 0.6) is 0 Å². The number of rotatable bonds is 9. The van der Waals surface area contributed by atoms with Gasteiger partial charge in [-0.25, -0.2) is 58.0 Å². The summed E-state index contributed by atoms with van der Waals surface area (Å²) in [5.74, 6) is 3.04. The van der Waals surface area contributed by atoms with E-state index in [2.05, 4.69) is 155 Å². The number of halogens is 3. The van der Waals surface area contributed by atoms with Crippen LogP contribution in [0.1, 0.15) is 142 Å². The van der Waals surface area contributed by atoms with Crippen molar-refractivity contribution in [3.8, 4) is 67.9 Å². The SMILES string of the molecule is CC(C)(C)Cn1c(N)nc2ccc(-c3[nH]c(C(C)(C)C)nc3-c3ccc(F)cc3)nc21.CC(C)(C)Cn1c(N)nc2ccc(-c3[nH]c(C(C)(C)C)nc3-c3ccc(F)cc3)nc21.CC(C)(C)Cn1c(N)nc2ccc(-c3[nH]c(C(C)(C)C)nc3-c3ccc(F)cc3)nc21. The minimum atomic E-state index is -0.280. The number of nitrogen functional groups attached to an aromatic ring is 3. The first-order chi connectivity index (χ1) is 43.3. The summed E-state index contributed by atoms with van der Waals surface area (Å²) in [5.41, 5.74) is 31.9. The fourth-order valence-electron chi connectivity index (χ4n) is 10.6. The second-order valence-corrected chi connectivity index (χ2v) is 30.7. The molecule has 18 nitrogen and oxygen atoms in total. The normalized spacial score (nSPS) is 12.6. The topological polar surface area (TPSA) is 256 Å². The molecule has 0 aliphatic rings. The van der Waals surface area contributed by atoms with Crippen LogP contribution in [0.4, 0.5) is 31.0 Å². The van der Waals surface area contributed by atoms with E-state index in [0.29, 0.717) is 37.5 Å². The van der Waals surface area contributed by atoms with Gasteiger partial charge < -0.3 is 32.2 Å². The molecule has 12 rings (SSSR count). The Kier molecular flexibility index (Phi) is 17.4. The lowest BCUT2D eigenvalue weighted by atomic mass is 9.96. The highest BCUT2D eigenvalue weighted by Gasteiger charge is 2.29. The molecule has 0 atom stereocenters. The van der Waals surface area contributed by atoms with Crippen LogP contribution in [0.3, 0.4) is 0 Å². The zero-order chi connectivity index (χ0) is 67.7. The molecule has 0 saturated heterocycles. The maximum absolute atomic E-state index is 13.5. The number of pyridine rings is 3. The minimum absolute atomic E-state index is 0.0199. The van der Waals surface area contributed by atoms with Gasteiger partial charge in [-0.15, -0.1) is 0 Å². The number of aromatic amines is 3. The molecule has 93 heavy (non-hydrogen) atoms. The zero-order valence-electron chi connectivity index (χ0n) is 56.7. The van der Waals surface area contributed by atoms with E-state index >= 15 is 0 Å². The van der Waals surface area contributed by atoms with E-state index in [1.54, 1.807) is 36.4 Å². The molecule has 0 aliphatic carbocycles. The summed E-state index contributed by atoms with van der Waals surface area (Å²) in [6.07, 6.45) is 0. The highest BCUT2D eigenvalue weighted by atomic mass is 19.1. The van der Waals surface area contributed by atoms with Gasteiger partial charge in [0.25, 0.3) is 0 Å². The third-order valence-electron chi connectivity index (χ3n) is 15.1. The van der Waals surface area contributed by atoms with Crippen molar-refractivity contribution in [1.29, 1.82) is 0 Å². The first-order valence-electron chi connectivity index (χ1n) is 31.3. The predicted octanol–water partition coefficient (Wildman–Crippen LogP) is 16.7. The van der Waals surface area contributed by atoms with Crippen LogP contribution >= 0.6 is 0 Å². The van der Waals surface area contributed by atoms with E-state index in [4.69, 9.17) is 47.1 Å². The molecule has 0 saturated carbocycles. The Bertz CT molecular complexity index is 4180. The number of nitrogens with one attached hydrogen (secondary N) is 3. The van der Waals surface area contributed by atoms with Gasteiger partial charge in [-0.1, -0.05) is 125 Å². The third kappa shape index (κ3) is 15.0. The number of imidazole rings is 6. The standard InChI is InChI=1S/3C24H29FN6/c3*1-23(2,3)13-31-20-17(28-22(31)26)12-11-16(27-20)19-18(14-7-9-15(25)10-8-14)29-21(30-19)24(4,5)6/h3*7-12H,13H2,1-6H3,(H2,26,28)(H,29,30). The molecule has 9 N–H and O–H groups in total. The largest absolute Gasteiger partial charge is 0.369 e. The predicted molar refractivity (Wildman–Crippen MR) is 369 cm³/mol. The molecular weight excluding hydrogens is 1170 g/mol. The quantitative estimate of drug-likeness (QED) is 0.0789. The fraction of sp³-hybridized carbons (Fsp3) is 0.375. The van der Waals surface area contributed by atoms with Crippen LogP contribution in [0, 0.1) is 33.7 Å². The van der Waals surface area contributed by atoms with E-state index < -0.39 is 0 Å². The summed E-state index contributed by atoms with van der Waals surface area (Å²) in [6, 6.07) is 30.6. The number of benzene rings is 3. The number of H-pyrrole nitrogens is 3. The molecular formula is C72H87F3N18. The number of nitrogens with two attached hydrogens (primary N) is 3. The molecule has 9 heterocycles. The van der Waals surface area contributed by atoms with Gasteiger partial charge in [0.15, 0.2) is 16.9 Å². The monoisotopic (exact) mass is 1260 g/mol. The van der Waals surface area contributed by atoms with Gasteiger partial charge in [0.1, 0.15) is 51.5 Å². The van der Waals surface area contributed by atoms with Crippen LogP contribution in [-0.2, 0) is 35.9 Å². The number of hydrogen-bond acceptors (Lipinski definition) is 12. The summed E-state index contributed by atoms with van der Waals surface area (Å²) >= 11 is 0. The second kappa shape index (κ2) is 24.4. The van der Waals surface area contributed by atoms with E-state index in [9.17, 15) is 13.2 Å². The zero-order valence-corrected chi connectivity index (χ0v) is 56.7. The molecule has 3 aromatic carbocycles. The van der Waals surface area contributed by atoms with Gasteiger partial charge >= 0.3 is 0 Å². The summed E-state index contributed by atoms with van der Waals surface area (Å²) < 4.78 is 46.4. The lowest BCUT2D eigenvalue weighted by molar-refractivity contribution is 0.350. The van der Waals surface area contributed by atoms with Gasteiger partial charge in [0.2, 0.25) is 17.8 Å². The van der Waals surface area contributed by atoms with Gasteiger partial charge in [-0.05, 0) is 125 Å². The van der Waals surface area contributed by atoms with Crippen LogP contribution < -0.4 is 17.2 Å². The molecule has 9 aromatic heterocycles. The summed E-state index contributed by atoms with van der Waals surface area (Å²) in [7, 11) is 0. The van der Waals surface area contributed by atoms with E-state index in [0.717, 1.165) is 119 Å². The van der Waals surface area contributed by atoms with Crippen molar-refractivity contribution in [3.63, 3.8) is 0 Å². The molecule has 0 spiro atoms. The van der Waals surface area contributed by atoms with Crippen LogP contribution in [0.15, 0.2) is 109 Å². The average Bonchev–Trinajstić information content (AvgIpc) is 1.64. The molecule has 0 bridgehead atoms. The Morgan fingerprint density at radius 2 is 0.538 bits per heavy atom. The van der Waals surface area contributed by atoms with Crippen molar-refractivity contribution < 1.29 is 13.2 Å². The van der Waals surface area contributed by atoms with Gasteiger partial charge in [0, 0.05) is 52.6 Å². The van der Waals surface area contributed by atoms with Crippen LogP contribution in [0.2, 0.25) is 0 Å². The number of fused-ring (bicyclic) bond motifs is 3. The highest BCUT2D eigenvalue weighted by Crippen LogP contribution is 2.39. The van der Waals surface area contributed by atoms with Crippen LogP contribution in [0.25, 0.3) is 101 Å². The number of nitrogens with zero attached hydrogens (tertiary/aromatic N) is 12. The summed E-state index contributed by atoms with van der Waals surface area (Å²) in [5, 5.41) is 0. The molecule has 0 amide bonds. The Labute approximate surface area is 541 Å². The average molecular weight is 1260 g/mol. The minimum Gasteiger partial charge on any atom is -0.369 e. The Hall–Kier alpha value is -9.66. The fourth-order valence-corrected chi connectivity index (χ4v) is 10.6. The molecule has 0 aliphatic heterocycles.